The van der Waals surface area contributed by atoms with Crippen molar-refractivity contribution < 1.29 is 13.7 Å². The zero-order valence-electron chi connectivity index (χ0n) is 15.4. The quantitative estimate of drug-likeness (QED) is 0.308. The second-order valence-corrected chi connectivity index (χ2v) is 9.53. The maximum Gasteiger partial charge on any atom is 0.307 e. The van der Waals surface area contributed by atoms with Gasteiger partial charge in [-0.05, 0) is 50.1 Å². The lowest BCUT2D eigenvalue weighted by atomic mass is 10.1. The van der Waals surface area contributed by atoms with Gasteiger partial charge in [0, 0.05) is 17.5 Å². The topological polar surface area (TPSA) is 104 Å². The van der Waals surface area contributed by atoms with Crippen molar-refractivity contribution in [1.82, 2.24) is 4.72 Å². The highest BCUT2D eigenvalue weighted by atomic mass is 32.2. The van der Waals surface area contributed by atoms with Crippen molar-refractivity contribution >= 4 is 17.0 Å². The predicted octanol–water partition coefficient (Wildman–Crippen LogP) is 3.49. The first-order valence-electron chi connectivity index (χ1n) is 8.69. The molecule has 1 aliphatic carbocycles. The second kappa shape index (κ2) is 9.16. The summed E-state index contributed by atoms with van der Waals surface area (Å²) in [5.41, 5.74) is 9.39. The number of nitrogens with zero attached hydrogens (tertiary/aromatic N) is 3. The maximum atomic E-state index is 12.5. The molecule has 0 aromatic heterocycles. The van der Waals surface area contributed by atoms with Crippen LogP contribution in [-0.2, 0) is 27.1 Å². The zero-order chi connectivity index (χ0) is 19.2. The monoisotopic (exact) mass is 378 g/mol. The minimum absolute atomic E-state index is 0.145. The van der Waals surface area contributed by atoms with Gasteiger partial charge in [-0.15, -0.1) is 0 Å². The number of hydrogen-bond donors (Lipinski definition) is 1. The van der Waals surface area contributed by atoms with Crippen molar-refractivity contribution in [3.63, 3.8) is 0 Å². The number of hydrogen-bond acceptors (Lipinski definition) is 4. The van der Waals surface area contributed by atoms with Crippen molar-refractivity contribution in [1.29, 1.82) is 0 Å². The van der Waals surface area contributed by atoms with Crippen LogP contribution in [0.4, 0.5) is 0 Å². The summed E-state index contributed by atoms with van der Waals surface area (Å²) in [5.74, 6) is 0.0602. The summed E-state index contributed by atoms with van der Waals surface area (Å²) in [6.45, 7) is 6.27. The molecule has 1 fully saturated rings. The first-order chi connectivity index (χ1) is 12.3. The Morgan fingerprint density at radius 2 is 2.12 bits per heavy atom. The third-order valence-electron chi connectivity index (χ3n) is 4.32. The summed E-state index contributed by atoms with van der Waals surface area (Å²) < 4.78 is 20.5. The predicted molar refractivity (Wildman–Crippen MR) is 101 cm³/mol. The summed E-state index contributed by atoms with van der Waals surface area (Å²) in [7, 11) is -1.29. The smallest absolute Gasteiger partial charge is 0.307 e. The Morgan fingerprint density at radius 1 is 1.42 bits per heavy atom. The van der Waals surface area contributed by atoms with Crippen molar-refractivity contribution in [3.05, 3.63) is 46.3 Å². The first kappa shape index (κ1) is 20.4. The number of benzene rings is 1. The molecule has 1 aromatic carbocycles. The molecule has 0 aliphatic heterocycles. The lowest BCUT2D eigenvalue weighted by Gasteiger charge is -2.24. The van der Waals surface area contributed by atoms with Crippen LogP contribution >= 0.6 is 0 Å². The van der Waals surface area contributed by atoms with Crippen LogP contribution < -0.4 is 4.72 Å². The minimum Gasteiger partial charge on any atom is -0.461 e. The highest BCUT2D eigenvalue weighted by Gasteiger charge is 2.44. The number of carbonyl (C=O) groups excluding carboxylic acids is 1. The standard InChI is InChI=1S/C18H26N4O3S/c1-18(2,3)26(24)21-16(15-9-14(15)11-20-22-19)10-17(23)25-12-13-7-5-4-6-8-13/h4-8,14-16,21H,9-12H2,1-3H3/t14-,15+,16-,26+/m1/s1. The molecule has 0 radical (unpaired) electrons. The largest absolute Gasteiger partial charge is 0.461 e. The summed E-state index contributed by atoms with van der Waals surface area (Å²) in [6, 6.07) is 9.24. The fourth-order valence-corrected chi connectivity index (χ4v) is 3.57. The van der Waals surface area contributed by atoms with Crippen LogP contribution in [0, 0.1) is 11.8 Å². The van der Waals surface area contributed by atoms with Gasteiger partial charge in [0.1, 0.15) is 6.61 Å². The Labute approximate surface area is 156 Å². The van der Waals surface area contributed by atoms with Crippen LogP contribution in [-0.4, -0.2) is 27.5 Å². The zero-order valence-corrected chi connectivity index (χ0v) is 16.2. The third-order valence-corrected chi connectivity index (χ3v) is 5.95. The van der Waals surface area contributed by atoms with Gasteiger partial charge in [-0.3, -0.25) is 4.79 Å². The SMILES string of the molecule is CC(C)(C)[S@](=O)N[C@H](CC(=O)OCc1ccccc1)[C@H]1C[C@@H]1CN=[N+]=[N-]. The van der Waals surface area contributed by atoms with E-state index in [-0.39, 0.29) is 36.9 Å². The van der Waals surface area contributed by atoms with Crippen molar-refractivity contribution in [3.8, 4) is 0 Å². The first-order valence-corrected chi connectivity index (χ1v) is 9.84. The third kappa shape index (κ3) is 6.44. The molecule has 2 rings (SSSR count). The summed E-state index contributed by atoms with van der Waals surface area (Å²) in [5, 5.41) is 3.61. The highest BCUT2D eigenvalue weighted by molar-refractivity contribution is 7.84. The van der Waals surface area contributed by atoms with Gasteiger partial charge in [0.2, 0.25) is 0 Å². The molecule has 1 saturated carbocycles. The van der Waals surface area contributed by atoms with Gasteiger partial charge in [-0.1, -0.05) is 35.4 Å². The van der Waals surface area contributed by atoms with Gasteiger partial charge < -0.3 is 4.74 Å². The van der Waals surface area contributed by atoms with E-state index in [0.717, 1.165) is 12.0 Å². The number of ether oxygens (including phenoxy) is 1. The average Bonchev–Trinajstić information content (AvgIpc) is 3.37. The van der Waals surface area contributed by atoms with Crippen molar-refractivity contribution in [2.24, 2.45) is 17.0 Å². The Balaban J connectivity index is 1.93. The molecule has 0 unspecified atom stereocenters. The van der Waals surface area contributed by atoms with E-state index < -0.39 is 15.7 Å². The Bertz CT molecular complexity index is 683. The lowest BCUT2D eigenvalue weighted by Crippen LogP contribution is -2.42. The molecule has 7 nitrogen and oxygen atoms in total. The number of nitrogens with one attached hydrogen (secondary N) is 1. The summed E-state index contributed by atoms with van der Waals surface area (Å²) in [4.78, 5) is 15.1. The van der Waals surface area contributed by atoms with Crippen LogP contribution in [0.25, 0.3) is 10.4 Å². The molecular weight excluding hydrogens is 352 g/mol. The van der Waals surface area contributed by atoms with Crippen LogP contribution in [0.3, 0.4) is 0 Å². The molecule has 8 heteroatoms. The molecule has 0 heterocycles. The van der Waals surface area contributed by atoms with Gasteiger partial charge >= 0.3 is 5.97 Å². The average molecular weight is 378 g/mol. The molecule has 26 heavy (non-hydrogen) atoms. The molecule has 0 saturated heterocycles. The molecule has 0 spiro atoms. The van der Waals surface area contributed by atoms with Crippen LogP contribution in [0.2, 0.25) is 0 Å². The van der Waals surface area contributed by atoms with Crippen LogP contribution in [0.15, 0.2) is 35.4 Å². The fourth-order valence-electron chi connectivity index (χ4n) is 2.69. The van der Waals surface area contributed by atoms with Gasteiger partial charge in [0.05, 0.1) is 22.2 Å². The van der Waals surface area contributed by atoms with E-state index in [1.165, 1.54) is 0 Å². The number of carbonyl (C=O) groups is 1. The van der Waals surface area contributed by atoms with Crippen LogP contribution in [0.1, 0.15) is 39.2 Å². The summed E-state index contributed by atoms with van der Waals surface area (Å²) >= 11 is 0. The minimum atomic E-state index is -1.29. The van der Waals surface area contributed by atoms with E-state index in [0.29, 0.717) is 6.54 Å². The number of rotatable bonds is 9. The molecule has 4 atom stereocenters. The second-order valence-electron chi connectivity index (χ2n) is 7.53. The molecule has 1 aromatic rings. The lowest BCUT2D eigenvalue weighted by molar-refractivity contribution is -0.145. The Morgan fingerprint density at radius 3 is 2.73 bits per heavy atom. The van der Waals surface area contributed by atoms with Gasteiger partial charge in [0.25, 0.3) is 0 Å². The van der Waals surface area contributed by atoms with E-state index in [1.807, 2.05) is 51.1 Å². The summed E-state index contributed by atoms with van der Waals surface area (Å²) in [6.07, 6.45) is 0.996. The van der Waals surface area contributed by atoms with Gasteiger partial charge in [-0.2, -0.15) is 0 Å². The van der Waals surface area contributed by atoms with E-state index in [1.54, 1.807) is 0 Å². The molecule has 142 valence electrons. The molecule has 0 bridgehead atoms. The number of azide groups is 1. The van der Waals surface area contributed by atoms with Gasteiger partial charge in [-0.25, -0.2) is 8.93 Å². The molecular formula is C18H26N4O3S. The van der Waals surface area contributed by atoms with Gasteiger partial charge in [0.15, 0.2) is 0 Å². The normalized spacial score (nSPS) is 21.3. The van der Waals surface area contributed by atoms with Crippen LogP contribution in [0.5, 0.6) is 0 Å². The fraction of sp³-hybridized carbons (Fsp3) is 0.611. The van der Waals surface area contributed by atoms with E-state index in [9.17, 15) is 9.00 Å². The van der Waals surface area contributed by atoms with Crippen molar-refractivity contribution in [2.75, 3.05) is 6.54 Å². The highest BCUT2D eigenvalue weighted by Crippen LogP contribution is 2.43. The van der Waals surface area contributed by atoms with E-state index >= 15 is 0 Å². The molecule has 0 amide bonds. The molecule has 1 N–H and O–H groups in total. The van der Waals surface area contributed by atoms with E-state index in [2.05, 4.69) is 14.7 Å². The Hall–Kier alpha value is -1.89. The number of esters is 1. The van der Waals surface area contributed by atoms with E-state index in [4.69, 9.17) is 10.3 Å². The maximum absolute atomic E-state index is 12.5. The van der Waals surface area contributed by atoms with Crippen molar-refractivity contribution in [2.45, 2.75) is 51.0 Å². The molecule has 1 aliphatic rings. The Kier molecular flexibility index (Phi) is 7.20.